The number of nitrogens with zero attached hydrogens (tertiary/aromatic N) is 2. The van der Waals surface area contributed by atoms with Gasteiger partial charge in [0.25, 0.3) is 0 Å². The van der Waals surface area contributed by atoms with Gasteiger partial charge in [0.05, 0.1) is 0 Å². The zero-order valence-electron chi connectivity index (χ0n) is 16.2. The van der Waals surface area contributed by atoms with Gasteiger partial charge in [-0.3, -0.25) is 19.4 Å². The lowest BCUT2D eigenvalue weighted by molar-refractivity contribution is -0.145. The number of hydrogen-bond donors (Lipinski definition) is 1. The number of aromatic nitrogens is 1. The number of amides is 2. The van der Waals surface area contributed by atoms with E-state index >= 15 is 0 Å². The molecule has 0 fully saturated rings. The van der Waals surface area contributed by atoms with Crippen molar-refractivity contribution in [3.63, 3.8) is 0 Å². The van der Waals surface area contributed by atoms with Crippen molar-refractivity contribution in [2.75, 3.05) is 18.9 Å². The Morgan fingerprint density at radius 1 is 1.11 bits per heavy atom. The van der Waals surface area contributed by atoms with E-state index in [4.69, 9.17) is 0 Å². The molecule has 0 radical (unpaired) electrons. The van der Waals surface area contributed by atoms with E-state index in [1.807, 2.05) is 12.1 Å². The zero-order chi connectivity index (χ0) is 20.0. The van der Waals surface area contributed by atoms with Gasteiger partial charge in [-0.15, -0.1) is 0 Å². The van der Waals surface area contributed by atoms with E-state index < -0.39 is 11.3 Å². The SMILES string of the molecule is CC(=O)c1cccc(NC(=O)C(C)(C)C(=O)N(C)CCc2ccncc2)c1. The molecule has 0 bridgehead atoms. The van der Waals surface area contributed by atoms with Crippen LogP contribution in [-0.4, -0.2) is 41.1 Å². The summed E-state index contributed by atoms with van der Waals surface area (Å²) >= 11 is 0. The minimum absolute atomic E-state index is 0.0859. The second-order valence-electron chi connectivity index (χ2n) is 7.05. The maximum Gasteiger partial charge on any atom is 0.239 e. The molecular formula is C21H25N3O3. The molecule has 0 spiro atoms. The van der Waals surface area contributed by atoms with E-state index in [0.29, 0.717) is 24.2 Å². The van der Waals surface area contributed by atoms with Crippen molar-refractivity contribution < 1.29 is 14.4 Å². The Kier molecular flexibility index (Phi) is 6.45. The Morgan fingerprint density at radius 3 is 2.41 bits per heavy atom. The molecule has 1 N–H and O–H groups in total. The molecular weight excluding hydrogens is 342 g/mol. The maximum absolute atomic E-state index is 12.8. The summed E-state index contributed by atoms with van der Waals surface area (Å²) in [6.45, 7) is 5.16. The molecule has 1 heterocycles. The maximum atomic E-state index is 12.8. The highest BCUT2D eigenvalue weighted by Gasteiger charge is 2.38. The molecule has 0 atom stereocenters. The predicted molar refractivity (Wildman–Crippen MR) is 104 cm³/mol. The fourth-order valence-corrected chi connectivity index (χ4v) is 2.63. The van der Waals surface area contributed by atoms with Crippen LogP contribution < -0.4 is 5.32 Å². The highest BCUT2D eigenvalue weighted by molar-refractivity contribution is 6.10. The lowest BCUT2D eigenvalue weighted by Crippen LogP contribution is -2.46. The summed E-state index contributed by atoms with van der Waals surface area (Å²) in [5.41, 5.74) is 0.839. The smallest absolute Gasteiger partial charge is 0.239 e. The van der Waals surface area contributed by atoms with Crippen molar-refractivity contribution in [3.05, 3.63) is 59.9 Å². The predicted octanol–water partition coefficient (Wildman–Crippen LogP) is 2.95. The third kappa shape index (κ3) is 5.23. The van der Waals surface area contributed by atoms with Crippen molar-refractivity contribution in [2.45, 2.75) is 27.2 Å². The number of carbonyl (C=O) groups is 3. The second-order valence-corrected chi connectivity index (χ2v) is 7.05. The molecule has 2 amide bonds. The van der Waals surface area contributed by atoms with E-state index in [2.05, 4.69) is 10.3 Å². The third-order valence-electron chi connectivity index (χ3n) is 4.46. The van der Waals surface area contributed by atoms with Gasteiger partial charge in [-0.2, -0.15) is 0 Å². The van der Waals surface area contributed by atoms with Crippen molar-refractivity contribution >= 4 is 23.3 Å². The average molecular weight is 367 g/mol. The third-order valence-corrected chi connectivity index (χ3v) is 4.46. The van der Waals surface area contributed by atoms with E-state index in [0.717, 1.165) is 5.56 Å². The summed E-state index contributed by atoms with van der Waals surface area (Å²) in [7, 11) is 1.69. The van der Waals surface area contributed by atoms with Gasteiger partial charge in [0.1, 0.15) is 5.41 Å². The molecule has 1 aromatic carbocycles. The first kappa shape index (κ1) is 20.3. The van der Waals surface area contributed by atoms with Crippen LogP contribution in [0.15, 0.2) is 48.8 Å². The molecule has 2 aromatic rings. The molecule has 6 heteroatoms. The highest BCUT2D eigenvalue weighted by Crippen LogP contribution is 2.22. The molecule has 1 aromatic heterocycles. The second kappa shape index (κ2) is 8.58. The van der Waals surface area contributed by atoms with Crippen molar-refractivity contribution in [2.24, 2.45) is 5.41 Å². The van der Waals surface area contributed by atoms with E-state index in [9.17, 15) is 14.4 Å². The summed E-state index contributed by atoms with van der Waals surface area (Å²) in [4.78, 5) is 42.5. The summed E-state index contributed by atoms with van der Waals surface area (Å²) in [5, 5.41) is 2.74. The number of anilines is 1. The summed E-state index contributed by atoms with van der Waals surface area (Å²) in [5.74, 6) is -0.766. The van der Waals surface area contributed by atoms with Crippen molar-refractivity contribution in [3.8, 4) is 0 Å². The molecule has 2 rings (SSSR count). The molecule has 142 valence electrons. The molecule has 0 saturated carbocycles. The first-order valence-corrected chi connectivity index (χ1v) is 8.78. The van der Waals surface area contributed by atoms with Crippen LogP contribution in [0.2, 0.25) is 0 Å². The van der Waals surface area contributed by atoms with Gasteiger partial charge < -0.3 is 10.2 Å². The first-order chi connectivity index (χ1) is 12.7. The Morgan fingerprint density at radius 2 is 1.78 bits per heavy atom. The van der Waals surface area contributed by atoms with Crippen molar-refractivity contribution in [1.82, 2.24) is 9.88 Å². The Balaban J connectivity index is 2.02. The largest absolute Gasteiger partial charge is 0.345 e. The van der Waals surface area contributed by atoms with E-state index in [1.54, 1.807) is 62.5 Å². The van der Waals surface area contributed by atoms with Crippen LogP contribution >= 0.6 is 0 Å². The van der Waals surface area contributed by atoms with E-state index in [1.165, 1.54) is 6.92 Å². The van der Waals surface area contributed by atoms with E-state index in [-0.39, 0.29) is 11.7 Å². The van der Waals surface area contributed by atoms with Crippen LogP contribution in [0.5, 0.6) is 0 Å². The lowest BCUT2D eigenvalue weighted by Gasteiger charge is -2.28. The molecule has 0 saturated heterocycles. The van der Waals surface area contributed by atoms with Crippen LogP contribution in [0.25, 0.3) is 0 Å². The van der Waals surface area contributed by atoms with Gasteiger partial charge in [-0.25, -0.2) is 0 Å². The van der Waals surface area contributed by atoms with Crippen molar-refractivity contribution in [1.29, 1.82) is 0 Å². The minimum atomic E-state index is -1.24. The fourth-order valence-electron chi connectivity index (χ4n) is 2.63. The number of benzene rings is 1. The monoisotopic (exact) mass is 367 g/mol. The quantitative estimate of drug-likeness (QED) is 0.603. The van der Waals surface area contributed by atoms with Gasteiger partial charge in [0.15, 0.2) is 5.78 Å². The number of Topliss-reactive ketones (excluding diaryl/α,β-unsaturated/α-hetero) is 1. The molecule has 0 aliphatic heterocycles. The standard InChI is InChI=1S/C21H25N3O3/c1-15(25)17-6-5-7-18(14-17)23-19(26)21(2,3)20(27)24(4)13-10-16-8-11-22-12-9-16/h5-9,11-12,14H,10,13H2,1-4H3,(H,23,26). The van der Waals surface area contributed by atoms with Gasteiger partial charge in [0, 0.05) is 37.2 Å². The fraction of sp³-hybridized carbons (Fsp3) is 0.333. The summed E-state index contributed by atoms with van der Waals surface area (Å²) in [6.07, 6.45) is 4.11. The Labute approximate surface area is 159 Å². The molecule has 27 heavy (non-hydrogen) atoms. The molecule has 6 nitrogen and oxygen atoms in total. The summed E-state index contributed by atoms with van der Waals surface area (Å²) in [6, 6.07) is 10.5. The molecule has 0 aliphatic carbocycles. The van der Waals surface area contributed by atoms with Gasteiger partial charge >= 0.3 is 0 Å². The topological polar surface area (TPSA) is 79.4 Å². The Bertz CT molecular complexity index is 832. The molecule has 0 aliphatic rings. The number of ketones is 1. The number of carbonyl (C=O) groups excluding carboxylic acids is 3. The van der Waals surface area contributed by atoms with Crippen LogP contribution in [0, 0.1) is 5.41 Å². The van der Waals surface area contributed by atoms with Gasteiger partial charge in [-0.05, 0) is 57.0 Å². The van der Waals surface area contributed by atoms with Crippen LogP contribution in [-0.2, 0) is 16.0 Å². The van der Waals surface area contributed by atoms with Crippen LogP contribution in [0.3, 0.4) is 0 Å². The Hall–Kier alpha value is -3.02. The average Bonchev–Trinajstić information content (AvgIpc) is 2.66. The number of pyridine rings is 1. The number of rotatable bonds is 7. The zero-order valence-corrected chi connectivity index (χ0v) is 16.2. The van der Waals surface area contributed by atoms with Gasteiger partial charge in [-0.1, -0.05) is 12.1 Å². The highest BCUT2D eigenvalue weighted by atomic mass is 16.2. The van der Waals surface area contributed by atoms with Gasteiger partial charge in [0.2, 0.25) is 11.8 Å². The van der Waals surface area contributed by atoms with Crippen LogP contribution in [0.4, 0.5) is 5.69 Å². The minimum Gasteiger partial charge on any atom is -0.345 e. The first-order valence-electron chi connectivity index (χ1n) is 8.78. The van der Waals surface area contributed by atoms with Crippen LogP contribution in [0.1, 0.15) is 36.7 Å². The molecule has 0 unspecified atom stereocenters. The number of nitrogens with one attached hydrogen (secondary N) is 1. The summed E-state index contributed by atoms with van der Waals surface area (Å²) < 4.78 is 0. The normalized spacial score (nSPS) is 11.0. The lowest BCUT2D eigenvalue weighted by atomic mass is 9.90. The number of likely N-dealkylation sites (N-methyl/N-ethyl adjacent to an activating group) is 1. The number of hydrogen-bond acceptors (Lipinski definition) is 4.